The first kappa shape index (κ1) is 10.6. The first-order valence-electron chi connectivity index (χ1n) is 4.90. The fraction of sp³-hybridized carbons (Fsp3) is 0.273. The monoisotopic (exact) mass is 219 g/mol. The maximum Gasteiger partial charge on any atom is 0.251 e. The number of nitrogens with two attached hydrogens (primary N) is 1. The van der Waals surface area contributed by atoms with Crippen molar-refractivity contribution < 1.29 is 9.52 Å². The van der Waals surface area contributed by atoms with Crippen molar-refractivity contribution in [2.45, 2.75) is 19.4 Å². The average Bonchev–Trinajstić information content (AvgIpc) is 2.66. The Bertz CT molecular complexity index is 500. The third-order valence-corrected chi connectivity index (χ3v) is 2.11. The minimum absolute atomic E-state index is 0.104. The summed E-state index contributed by atoms with van der Waals surface area (Å²) in [5.41, 5.74) is 5.65. The molecular weight excluding hydrogens is 206 g/mol. The number of aromatic nitrogens is 2. The first-order valence-corrected chi connectivity index (χ1v) is 4.90. The van der Waals surface area contributed by atoms with Crippen LogP contribution in [0.5, 0.6) is 5.75 Å². The number of nitrogens with zero attached hydrogens (tertiary/aromatic N) is 2. The van der Waals surface area contributed by atoms with Crippen molar-refractivity contribution in [2.75, 3.05) is 0 Å². The lowest BCUT2D eigenvalue weighted by Gasteiger charge is -2.11. The summed E-state index contributed by atoms with van der Waals surface area (Å²) < 4.78 is 5.41. The quantitative estimate of drug-likeness (QED) is 0.801. The molecule has 1 aromatic carbocycles. The number of para-hydroxylation sites is 1. The zero-order chi connectivity index (χ0) is 11.8. The van der Waals surface area contributed by atoms with Gasteiger partial charge in [-0.25, -0.2) is 0 Å². The molecule has 0 amide bonds. The van der Waals surface area contributed by atoms with Gasteiger partial charge in [0.15, 0.2) is 0 Å². The van der Waals surface area contributed by atoms with Crippen molar-refractivity contribution in [2.24, 2.45) is 5.73 Å². The number of hydrogen-bond donors (Lipinski definition) is 2. The molecule has 2 rings (SSSR count). The average molecular weight is 219 g/mol. The molecule has 2 aromatic rings. The lowest BCUT2D eigenvalue weighted by molar-refractivity contribution is 0.382. The molecule has 0 aliphatic heterocycles. The van der Waals surface area contributed by atoms with E-state index in [0.717, 1.165) is 0 Å². The lowest BCUT2D eigenvalue weighted by atomic mass is 10.1. The molecule has 0 saturated carbocycles. The zero-order valence-electron chi connectivity index (χ0n) is 9.14. The van der Waals surface area contributed by atoms with Crippen molar-refractivity contribution in [3.05, 3.63) is 30.2 Å². The Hall–Kier alpha value is -1.88. The molecule has 5 heteroatoms. The van der Waals surface area contributed by atoms with Crippen LogP contribution in [0.3, 0.4) is 0 Å². The van der Waals surface area contributed by atoms with E-state index in [-0.39, 0.29) is 11.6 Å². The number of hydrogen-bond acceptors (Lipinski definition) is 5. The number of aromatic hydroxyl groups is 1. The highest BCUT2D eigenvalue weighted by Crippen LogP contribution is 2.28. The maximum atomic E-state index is 9.62. The Balaban J connectivity index is 2.44. The van der Waals surface area contributed by atoms with E-state index in [1.165, 1.54) is 0 Å². The molecule has 0 bridgehead atoms. The van der Waals surface area contributed by atoms with E-state index in [0.29, 0.717) is 11.5 Å². The topological polar surface area (TPSA) is 85.2 Å². The second kappa shape index (κ2) is 3.61. The molecule has 0 unspecified atom stereocenters. The summed E-state index contributed by atoms with van der Waals surface area (Å²) in [6.07, 6.45) is 0. The van der Waals surface area contributed by atoms with Crippen molar-refractivity contribution in [3.63, 3.8) is 0 Å². The second-order valence-electron chi connectivity index (χ2n) is 4.15. The molecule has 1 heterocycles. The van der Waals surface area contributed by atoms with Crippen LogP contribution in [0.2, 0.25) is 0 Å². The molecule has 0 aliphatic rings. The van der Waals surface area contributed by atoms with Crippen LogP contribution in [-0.4, -0.2) is 15.3 Å². The Morgan fingerprint density at radius 2 is 1.94 bits per heavy atom. The maximum absolute atomic E-state index is 9.62. The standard InChI is InChI=1S/C11H13N3O2/c1-11(2,12)10-14-13-9(16-10)7-5-3-4-6-8(7)15/h3-6,15H,12H2,1-2H3. The molecule has 1 aromatic heterocycles. The second-order valence-corrected chi connectivity index (χ2v) is 4.15. The summed E-state index contributed by atoms with van der Waals surface area (Å²) in [7, 11) is 0. The molecule has 0 atom stereocenters. The Morgan fingerprint density at radius 1 is 1.25 bits per heavy atom. The molecule has 0 saturated heterocycles. The van der Waals surface area contributed by atoms with Crippen molar-refractivity contribution >= 4 is 0 Å². The molecule has 0 radical (unpaired) electrons. The van der Waals surface area contributed by atoms with E-state index in [2.05, 4.69) is 10.2 Å². The largest absolute Gasteiger partial charge is 0.507 e. The fourth-order valence-electron chi connectivity index (χ4n) is 1.25. The van der Waals surface area contributed by atoms with Gasteiger partial charge in [0, 0.05) is 0 Å². The van der Waals surface area contributed by atoms with E-state index in [4.69, 9.17) is 10.2 Å². The van der Waals surface area contributed by atoms with Crippen molar-refractivity contribution in [1.82, 2.24) is 10.2 Å². The minimum Gasteiger partial charge on any atom is -0.507 e. The van der Waals surface area contributed by atoms with Gasteiger partial charge in [-0.1, -0.05) is 12.1 Å². The van der Waals surface area contributed by atoms with E-state index >= 15 is 0 Å². The van der Waals surface area contributed by atoms with E-state index in [9.17, 15) is 5.11 Å². The highest BCUT2D eigenvalue weighted by molar-refractivity contribution is 5.61. The fourth-order valence-corrected chi connectivity index (χ4v) is 1.25. The molecule has 0 spiro atoms. The van der Waals surface area contributed by atoms with Gasteiger partial charge in [0.05, 0.1) is 11.1 Å². The number of rotatable bonds is 2. The van der Waals surface area contributed by atoms with Crippen LogP contribution < -0.4 is 5.73 Å². The minimum atomic E-state index is -0.685. The van der Waals surface area contributed by atoms with Gasteiger partial charge in [-0.05, 0) is 26.0 Å². The van der Waals surface area contributed by atoms with Crippen LogP contribution in [0.15, 0.2) is 28.7 Å². The van der Waals surface area contributed by atoms with Gasteiger partial charge in [-0.2, -0.15) is 0 Å². The van der Waals surface area contributed by atoms with Crippen LogP contribution in [-0.2, 0) is 5.54 Å². The van der Waals surface area contributed by atoms with Gasteiger partial charge in [0.2, 0.25) is 5.89 Å². The highest BCUT2D eigenvalue weighted by atomic mass is 16.4. The summed E-state index contributed by atoms with van der Waals surface area (Å²) in [6.45, 7) is 3.55. The first-order chi connectivity index (χ1) is 7.48. The van der Waals surface area contributed by atoms with Gasteiger partial charge in [0.25, 0.3) is 5.89 Å². The summed E-state index contributed by atoms with van der Waals surface area (Å²) in [5.74, 6) is 0.713. The van der Waals surface area contributed by atoms with Crippen molar-refractivity contribution in [3.8, 4) is 17.2 Å². The van der Waals surface area contributed by atoms with Gasteiger partial charge in [0.1, 0.15) is 5.75 Å². The van der Waals surface area contributed by atoms with E-state index < -0.39 is 5.54 Å². The number of benzene rings is 1. The van der Waals surface area contributed by atoms with Crippen LogP contribution in [0, 0.1) is 0 Å². The molecule has 3 N–H and O–H groups in total. The Kier molecular flexibility index (Phi) is 2.40. The smallest absolute Gasteiger partial charge is 0.251 e. The third-order valence-electron chi connectivity index (χ3n) is 2.11. The summed E-state index contributed by atoms with van der Waals surface area (Å²) in [4.78, 5) is 0. The van der Waals surface area contributed by atoms with Crippen LogP contribution in [0.25, 0.3) is 11.5 Å². The normalized spacial score (nSPS) is 11.7. The zero-order valence-corrected chi connectivity index (χ0v) is 9.14. The van der Waals surface area contributed by atoms with Gasteiger partial charge in [-0.15, -0.1) is 10.2 Å². The van der Waals surface area contributed by atoms with Crippen LogP contribution in [0.1, 0.15) is 19.7 Å². The summed E-state index contributed by atoms with van der Waals surface area (Å²) in [5, 5.41) is 17.3. The molecule has 84 valence electrons. The van der Waals surface area contributed by atoms with Gasteiger partial charge in [-0.3, -0.25) is 0 Å². The predicted octanol–water partition coefficient (Wildman–Crippen LogP) is 1.64. The summed E-state index contributed by atoms with van der Waals surface area (Å²) >= 11 is 0. The molecular formula is C11H13N3O2. The van der Waals surface area contributed by atoms with Gasteiger partial charge < -0.3 is 15.3 Å². The number of phenols is 1. The van der Waals surface area contributed by atoms with Crippen LogP contribution >= 0.6 is 0 Å². The Labute approximate surface area is 92.9 Å². The predicted molar refractivity (Wildman–Crippen MR) is 58.6 cm³/mol. The van der Waals surface area contributed by atoms with Gasteiger partial charge >= 0.3 is 0 Å². The number of phenolic OH excluding ortho intramolecular Hbond substituents is 1. The lowest BCUT2D eigenvalue weighted by Crippen LogP contribution is -2.29. The van der Waals surface area contributed by atoms with Crippen LogP contribution in [0.4, 0.5) is 0 Å². The third kappa shape index (κ3) is 1.90. The summed E-state index contributed by atoms with van der Waals surface area (Å²) in [6, 6.07) is 6.78. The highest BCUT2D eigenvalue weighted by Gasteiger charge is 2.23. The molecule has 0 fully saturated rings. The molecule has 16 heavy (non-hydrogen) atoms. The molecule has 0 aliphatic carbocycles. The SMILES string of the molecule is CC(C)(N)c1nnc(-c2ccccc2O)o1. The molecule has 5 nitrogen and oxygen atoms in total. The van der Waals surface area contributed by atoms with Crippen molar-refractivity contribution in [1.29, 1.82) is 0 Å². The van der Waals surface area contributed by atoms with E-state index in [1.54, 1.807) is 38.1 Å². The Morgan fingerprint density at radius 3 is 2.50 bits per heavy atom. The van der Waals surface area contributed by atoms with E-state index in [1.807, 2.05) is 0 Å².